The van der Waals surface area contributed by atoms with E-state index in [1.54, 1.807) is 20.8 Å². The number of carbonyl (C=O) groups is 3. The molecule has 0 aromatic rings. The van der Waals surface area contributed by atoms with Crippen molar-refractivity contribution in [3.8, 4) is 0 Å². The molecule has 1 atom stereocenters. The summed E-state index contributed by atoms with van der Waals surface area (Å²) >= 11 is 0. The van der Waals surface area contributed by atoms with Crippen molar-refractivity contribution in [3.05, 3.63) is 0 Å². The van der Waals surface area contributed by atoms with Crippen molar-refractivity contribution in [2.75, 3.05) is 6.61 Å². The van der Waals surface area contributed by atoms with Crippen molar-refractivity contribution >= 4 is 17.5 Å². The van der Waals surface area contributed by atoms with Crippen LogP contribution in [0.25, 0.3) is 0 Å². The second-order valence-electron chi connectivity index (χ2n) is 4.87. The minimum absolute atomic E-state index is 0.0305. The zero-order valence-electron chi connectivity index (χ0n) is 11.7. The Morgan fingerprint density at radius 1 is 1.16 bits per heavy atom. The summed E-state index contributed by atoms with van der Waals surface area (Å²) in [6.07, 6.45) is -3.33. The summed E-state index contributed by atoms with van der Waals surface area (Å²) < 4.78 is 29.5. The normalized spacial score (nSPS) is 13.2. The maximum Gasteiger partial charge on any atom is 0.317 e. The van der Waals surface area contributed by atoms with Crippen LogP contribution in [0.15, 0.2) is 0 Å². The highest BCUT2D eigenvalue weighted by atomic mass is 19.3. The van der Waals surface area contributed by atoms with Gasteiger partial charge >= 0.3 is 5.97 Å². The van der Waals surface area contributed by atoms with Gasteiger partial charge in [-0.15, -0.1) is 0 Å². The minimum Gasteiger partial charge on any atom is -0.465 e. The Hall–Kier alpha value is -1.33. The maximum atomic E-state index is 12.4. The molecule has 0 aliphatic rings. The average Bonchev–Trinajstić information content (AvgIpc) is 2.34. The summed E-state index contributed by atoms with van der Waals surface area (Å²) in [7, 11) is 0. The Morgan fingerprint density at radius 2 is 1.68 bits per heavy atom. The molecule has 0 aromatic carbocycles. The van der Waals surface area contributed by atoms with Crippen LogP contribution in [-0.2, 0) is 19.1 Å². The fourth-order valence-electron chi connectivity index (χ4n) is 1.35. The molecule has 0 saturated heterocycles. The quantitative estimate of drug-likeness (QED) is 0.505. The molecule has 0 rings (SSSR count). The number of ether oxygens (including phenoxy) is 1. The van der Waals surface area contributed by atoms with E-state index in [1.807, 2.05) is 0 Å². The predicted molar refractivity (Wildman–Crippen MR) is 64.8 cm³/mol. The van der Waals surface area contributed by atoms with Crippen LogP contribution >= 0.6 is 0 Å². The van der Waals surface area contributed by atoms with Gasteiger partial charge in [-0.3, -0.25) is 14.4 Å². The monoisotopic (exact) mass is 278 g/mol. The molecule has 0 amide bonds. The predicted octanol–water partition coefficient (Wildman–Crippen LogP) is 2.40. The van der Waals surface area contributed by atoms with E-state index in [2.05, 4.69) is 4.74 Å². The summed E-state index contributed by atoms with van der Waals surface area (Å²) in [6.45, 7) is 6.53. The molecule has 0 aliphatic carbocycles. The molecule has 0 aliphatic heterocycles. The smallest absolute Gasteiger partial charge is 0.317 e. The van der Waals surface area contributed by atoms with Crippen LogP contribution in [0.1, 0.15) is 40.5 Å². The third kappa shape index (κ3) is 5.04. The van der Waals surface area contributed by atoms with Gasteiger partial charge in [0, 0.05) is 11.8 Å². The Balaban J connectivity index is 5.02. The van der Waals surface area contributed by atoms with Crippen LogP contribution in [0.5, 0.6) is 0 Å². The molecule has 0 N–H and O–H groups in total. The van der Waals surface area contributed by atoms with Gasteiger partial charge in [0.15, 0.2) is 0 Å². The van der Waals surface area contributed by atoms with Crippen LogP contribution in [0.2, 0.25) is 0 Å². The fourth-order valence-corrected chi connectivity index (χ4v) is 1.35. The van der Waals surface area contributed by atoms with Gasteiger partial charge in [-0.05, 0) is 13.3 Å². The van der Waals surface area contributed by atoms with Crippen LogP contribution in [0.4, 0.5) is 8.78 Å². The van der Waals surface area contributed by atoms with Crippen LogP contribution in [0, 0.1) is 11.3 Å². The van der Waals surface area contributed by atoms with Gasteiger partial charge in [0.05, 0.1) is 6.61 Å². The minimum atomic E-state index is -3.29. The summed E-state index contributed by atoms with van der Waals surface area (Å²) in [5, 5.41) is 0. The SMILES string of the molecule is CCOC(=O)C(CC(=O)C(C)(C)CC)C(=O)C(F)F. The number of alkyl halides is 2. The lowest BCUT2D eigenvalue weighted by Crippen LogP contribution is -2.36. The zero-order valence-corrected chi connectivity index (χ0v) is 11.7. The second kappa shape index (κ2) is 7.31. The molecule has 19 heavy (non-hydrogen) atoms. The lowest BCUT2D eigenvalue weighted by molar-refractivity contribution is -0.157. The Kier molecular flexibility index (Phi) is 6.79. The molecule has 6 heteroatoms. The largest absolute Gasteiger partial charge is 0.465 e. The molecule has 0 bridgehead atoms. The first-order chi connectivity index (χ1) is 8.67. The highest BCUT2D eigenvalue weighted by Crippen LogP contribution is 2.26. The van der Waals surface area contributed by atoms with E-state index >= 15 is 0 Å². The lowest BCUT2D eigenvalue weighted by Gasteiger charge is -2.23. The van der Waals surface area contributed by atoms with E-state index in [9.17, 15) is 23.2 Å². The second-order valence-corrected chi connectivity index (χ2v) is 4.87. The topological polar surface area (TPSA) is 60.4 Å². The van der Waals surface area contributed by atoms with Crippen molar-refractivity contribution < 1.29 is 27.9 Å². The van der Waals surface area contributed by atoms with Crippen molar-refractivity contribution in [3.63, 3.8) is 0 Å². The number of rotatable bonds is 8. The molecule has 0 spiro atoms. The van der Waals surface area contributed by atoms with E-state index in [1.165, 1.54) is 6.92 Å². The van der Waals surface area contributed by atoms with E-state index < -0.39 is 41.7 Å². The highest BCUT2D eigenvalue weighted by molar-refractivity contribution is 6.04. The number of Topliss-reactive ketones (excluding diaryl/α,β-unsaturated/α-hetero) is 2. The fraction of sp³-hybridized carbons (Fsp3) is 0.769. The van der Waals surface area contributed by atoms with Gasteiger partial charge in [-0.1, -0.05) is 20.8 Å². The van der Waals surface area contributed by atoms with Gasteiger partial charge in [-0.25, -0.2) is 8.78 Å². The third-order valence-electron chi connectivity index (χ3n) is 3.16. The number of ketones is 2. The average molecular weight is 278 g/mol. The molecule has 110 valence electrons. The molecule has 1 unspecified atom stereocenters. The number of halogens is 2. The van der Waals surface area contributed by atoms with Gasteiger partial charge in [-0.2, -0.15) is 0 Å². The van der Waals surface area contributed by atoms with Gasteiger partial charge < -0.3 is 4.74 Å². The Bertz CT molecular complexity index is 351. The molecular formula is C13H20F2O4. The molecule has 0 saturated carbocycles. The summed E-state index contributed by atoms with van der Waals surface area (Å²) in [5.74, 6) is -4.73. The molecule has 4 nitrogen and oxygen atoms in total. The number of carbonyl (C=O) groups excluding carboxylic acids is 3. The van der Waals surface area contributed by atoms with Gasteiger partial charge in [0.2, 0.25) is 5.78 Å². The first-order valence-electron chi connectivity index (χ1n) is 6.19. The number of esters is 1. The first-order valence-corrected chi connectivity index (χ1v) is 6.19. The lowest BCUT2D eigenvalue weighted by atomic mass is 9.80. The van der Waals surface area contributed by atoms with Crippen molar-refractivity contribution in [1.29, 1.82) is 0 Å². The molecule has 0 heterocycles. The standard InChI is InChI=1S/C13H20F2O4/c1-5-13(3,4)9(16)7-8(10(17)11(14)15)12(18)19-6-2/h8,11H,5-7H2,1-4H3. The highest BCUT2D eigenvalue weighted by Gasteiger charge is 2.38. The molecule has 0 fully saturated rings. The summed E-state index contributed by atoms with van der Waals surface area (Å²) in [6, 6.07) is 0. The maximum absolute atomic E-state index is 12.4. The first kappa shape index (κ1) is 17.7. The van der Waals surface area contributed by atoms with Crippen LogP contribution in [0.3, 0.4) is 0 Å². The number of hydrogen-bond donors (Lipinski definition) is 0. The molecule has 0 radical (unpaired) electrons. The Morgan fingerprint density at radius 3 is 2.05 bits per heavy atom. The van der Waals surface area contributed by atoms with Gasteiger partial charge in [0.25, 0.3) is 6.43 Å². The Labute approximate surface area is 111 Å². The third-order valence-corrected chi connectivity index (χ3v) is 3.16. The van der Waals surface area contributed by atoms with E-state index in [0.29, 0.717) is 6.42 Å². The van der Waals surface area contributed by atoms with E-state index in [-0.39, 0.29) is 6.61 Å². The van der Waals surface area contributed by atoms with Crippen molar-refractivity contribution in [2.24, 2.45) is 11.3 Å². The van der Waals surface area contributed by atoms with Crippen molar-refractivity contribution in [1.82, 2.24) is 0 Å². The van der Waals surface area contributed by atoms with Crippen molar-refractivity contribution in [2.45, 2.75) is 47.0 Å². The van der Waals surface area contributed by atoms with Gasteiger partial charge in [0.1, 0.15) is 11.7 Å². The summed E-state index contributed by atoms with van der Waals surface area (Å²) in [4.78, 5) is 34.8. The molecule has 0 aromatic heterocycles. The molecular weight excluding hydrogens is 258 g/mol. The van der Waals surface area contributed by atoms with E-state index in [4.69, 9.17) is 0 Å². The van der Waals surface area contributed by atoms with Crippen LogP contribution < -0.4 is 0 Å². The van der Waals surface area contributed by atoms with Crippen LogP contribution in [-0.4, -0.2) is 30.6 Å². The zero-order chi connectivity index (χ0) is 15.2. The summed E-state index contributed by atoms with van der Waals surface area (Å²) in [5.41, 5.74) is -0.757. The van der Waals surface area contributed by atoms with E-state index in [0.717, 1.165) is 0 Å². The number of hydrogen-bond acceptors (Lipinski definition) is 4.